The van der Waals surface area contributed by atoms with E-state index in [1.54, 1.807) is 0 Å². The maximum atomic E-state index is 11.3. The van der Waals surface area contributed by atoms with Gasteiger partial charge in [0.25, 0.3) is 0 Å². The van der Waals surface area contributed by atoms with Crippen LogP contribution in [-0.4, -0.2) is 45.7 Å². The van der Waals surface area contributed by atoms with Crippen molar-refractivity contribution in [1.29, 1.82) is 0 Å². The molecule has 2 N–H and O–H groups in total. The van der Waals surface area contributed by atoms with Crippen molar-refractivity contribution in [2.45, 2.75) is 26.4 Å². The normalized spacial score (nSPS) is 13.8. The second-order valence-corrected chi connectivity index (χ2v) is 4.70. The van der Waals surface area contributed by atoms with Crippen molar-refractivity contribution in [3.8, 4) is 0 Å². The molecule has 0 aromatic rings. The average molecular weight is 264 g/mol. The summed E-state index contributed by atoms with van der Waals surface area (Å²) in [6.45, 7) is 3.09. The minimum atomic E-state index is -1.35. The van der Waals surface area contributed by atoms with Crippen LogP contribution in [-0.2, 0) is 19.1 Å². The summed E-state index contributed by atoms with van der Waals surface area (Å²) in [5.41, 5.74) is 0. The molecule has 0 heterocycles. The van der Waals surface area contributed by atoms with Gasteiger partial charge in [0.2, 0.25) is 0 Å². The van der Waals surface area contributed by atoms with Crippen LogP contribution in [0, 0.1) is 5.92 Å². The summed E-state index contributed by atoms with van der Waals surface area (Å²) >= 11 is 1.52. The summed E-state index contributed by atoms with van der Waals surface area (Å²) in [4.78, 5) is 32.5. The Bertz CT molecular complexity index is 291. The Kier molecular flexibility index (Phi) is 7.36. The van der Waals surface area contributed by atoms with Crippen molar-refractivity contribution in [3.05, 3.63) is 0 Å². The van der Waals surface area contributed by atoms with Gasteiger partial charge in [-0.25, -0.2) is 4.79 Å². The van der Waals surface area contributed by atoms with Gasteiger partial charge >= 0.3 is 17.9 Å². The van der Waals surface area contributed by atoms with Crippen LogP contribution in [0.25, 0.3) is 0 Å². The Labute approximate surface area is 103 Å². The molecule has 0 amide bonds. The summed E-state index contributed by atoms with van der Waals surface area (Å²) in [7, 11) is 0. The molecule has 0 saturated heterocycles. The smallest absolute Gasteiger partial charge is 0.345 e. The minimum Gasteiger partial charge on any atom is -0.481 e. The van der Waals surface area contributed by atoms with Crippen LogP contribution in [0.3, 0.4) is 0 Å². The number of carbonyl (C=O) groups is 3. The van der Waals surface area contributed by atoms with Gasteiger partial charge in [0.1, 0.15) is 0 Å². The molecule has 0 rings (SSSR count). The van der Waals surface area contributed by atoms with Crippen LogP contribution >= 0.6 is 11.8 Å². The second kappa shape index (κ2) is 7.94. The zero-order chi connectivity index (χ0) is 13.4. The predicted octanol–water partition coefficient (Wildman–Crippen LogP) is 0.847. The van der Waals surface area contributed by atoms with Crippen LogP contribution in [0.1, 0.15) is 20.3 Å². The predicted molar refractivity (Wildman–Crippen MR) is 61.9 cm³/mol. The number of rotatable bonds is 8. The Hall–Kier alpha value is -1.24. The first kappa shape index (κ1) is 15.8. The average Bonchev–Trinajstić information content (AvgIpc) is 2.26. The molecule has 2 unspecified atom stereocenters. The number of esters is 1. The van der Waals surface area contributed by atoms with Gasteiger partial charge in [0.05, 0.1) is 0 Å². The summed E-state index contributed by atoms with van der Waals surface area (Å²) in [6, 6.07) is 0. The van der Waals surface area contributed by atoms with Crippen molar-refractivity contribution in [2.75, 3.05) is 11.5 Å². The van der Waals surface area contributed by atoms with E-state index in [1.165, 1.54) is 11.8 Å². The van der Waals surface area contributed by atoms with E-state index < -0.39 is 29.9 Å². The summed E-state index contributed by atoms with van der Waals surface area (Å²) < 4.78 is 4.65. The Morgan fingerprint density at radius 3 is 2.24 bits per heavy atom. The Morgan fingerprint density at radius 2 is 1.82 bits per heavy atom. The van der Waals surface area contributed by atoms with E-state index in [-0.39, 0.29) is 6.42 Å². The third kappa shape index (κ3) is 6.15. The highest BCUT2D eigenvalue weighted by Crippen LogP contribution is 2.10. The second-order valence-electron chi connectivity index (χ2n) is 3.31. The summed E-state index contributed by atoms with van der Waals surface area (Å²) in [6.07, 6.45) is -1.10. The fraction of sp³-hybridized carbons (Fsp3) is 0.700. The first-order valence-corrected chi connectivity index (χ1v) is 6.29. The third-order valence-corrected chi connectivity index (χ3v) is 2.92. The van der Waals surface area contributed by atoms with E-state index in [9.17, 15) is 14.4 Å². The van der Waals surface area contributed by atoms with Gasteiger partial charge in [-0.2, -0.15) is 11.8 Å². The lowest BCUT2D eigenvalue weighted by Gasteiger charge is -2.14. The molecule has 6 nitrogen and oxygen atoms in total. The lowest BCUT2D eigenvalue weighted by Crippen LogP contribution is -2.32. The van der Waals surface area contributed by atoms with Gasteiger partial charge in [-0.05, 0) is 18.4 Å². The first-order chi connectivity index (χ1) is 7.90. The van der Waals surface area contributed by atoms with Gasteiger partial charge in [0, 0.05) is 6.42 Å². The maximum absolute atomic E-state index is 11.3. The van der Waals surface area contributed by atoms with Crippen molar-refractivity contribution in [2.24, 2.45) is 5.92 Å². The van der Waals surface area contributed by atoms with E-state index >= 15 is 0 Å². The summed E-state index contributed by atoms with van der Waals surface area (Å²) in [5.74, 6) is -3.58. The lowest BCUT2D eigenvalue weighted by molar-refractivity contribution is -0.170. The van der Waals surface area contributed by atoms with Crippen molar-refractivity contribution >= 4 is 29.7 Å². The zero-order valence-electron chi connectivity index (χ0n) is 9.71. The molecule has 0 spiro atoms. The molecular formula is C10H16O6S. The highest BCUT2D eigenvalue weighted by molar-refractivity contribution is 7.99. The van der Waals surface area contributed by atoms with Crippen LogP contribution in [0.5, 0.6) is 0 Å². The van der Waals surface area contributed by atoms with Crippen molar-refractivity contribution in [3.63, 3.8) is 0 Å². The number of carboxylic acids is 2. The molecule has 0 aliphatic heterocycles. The highest BCUT2D eigenvalue weighted by Gasteiger charge is 2.28. The number of thioether (sulfide) groups is 1. The number of carbonyl (C=O) groups excluding carboxylic acids is 1. The number of ether oxygens (including phenoxy) is 1. The molecule has 2 atom stereocenters. The van der Waals surface area contributed by atoms with Crippen LogP contribution in [0.4, 0.5) is 0 Å². The molecule has 0 aromatic heterocycles. The number of carboxylic acid groups (broad SMARTS) is 2. The van der Waals surface area contributed by atoms with E-state index in [0.29, 0.717) is 5.75 Å². The minimum absolute atomic E-state index is 0.173. The van der Waals surface area contributed by atoms with Crippen LogP contribution < -0.4 is 0 Å². The van der Waals surface area contributed by atoms with Crippen molar-refractivity contribution in [1.82, 2.24) is 0 Å². The van der Waals surface area contributed by atoms with Gasteiger partial charge in [-0.15, -0.1) is 0 Å². The van der Waals surface area contributed by atoms with Gasteiger partial charge in [0.15, 0.2) is 12.0 Å². The van der Waals surface area contributed by atoms with E-state index in [1.807, 2.05) is 6.92 Å². The van der Waals surface area contributed by atoms with Crippen LogP contribution in [0.2, 0.25) is 0 Å². The monoisotopic (exact) mass is 264 g/mol. The fourth-order valence-corrected chi connectivity index (χ4v) is 1.58. The molecule has 0 radical (unpaired) electrons. The van der Waals surface area contributed by atoms with E-state index in [2.05, 4.69) is 4.74 Å². The van der Waals surface area contributed by atoms with E-state index in [0.717, 1.165) is 12.7 Å². The molecule has 17 heavy (non-hydrogen) atoms. The molecule has 7 heteroatoms. The fourth-order valence-electron chi connectivity index (χ4n) is 0.911. The van der Waals surface area contributed by atoms with Crippen LogP contribution in [0.15, 0.2) is 0 Å². The standard InChI is InChI=1S/C10H16O6S/c1-3-17-5-4-7(9(13)14)16-10(15)6(2)8(11)12/h6-7H,3-5H2,1-2H3,(H,11,12)(H,13,14). The van der Waals surface area contributed by atoms with Crippen molar-refractivity contribution < 1.29 is 29.3 Å². The first-order valence-electron chi connectivity index (χ1n) is 5.14. The molecule has 0 aromatic carbocycles. The van der Waals surface area contributed by atoms with Gasteiger partial charge < -0.3 is 14.9 Å². The quantitative estimate of drug-likeness (QED) is 0.380. The molecular weight excluding hydrogens is 248 g/mol. The molecule has 0 aliphatic carbocycles. The summed E-state index contributed by atoms with van der Waals surface area (Å²) in [5, 5.41) is 17.4. The van der Waals surface area contributed by atoms with Gasteiger partial charge in [-0.3, -0.25) is 9.59 Å². The molecule has 98 valence electrons. The highest BCUT2D eigenvalue weighted by atomic mass is 32.2. The van der Waals surface area contributed by atoms with E-state index in [4.69, 9.17) is 10.2 Å². The van der Waals surface area contributed by atoms with Gasteiger partial charge in [-0.1, -0.05) is 6.92 Å². The third-order valence-electron chi connectivity index (χ3n) is 1.99. The number of hydrogen-bond acceptors (Lipinski definition) is 5. The Morgan fingerprint density at radius 1 is 1.24 bits per heavy atom. The molecule has 0 fully saturated rings. The topological polar surface area (TPSA) is 101 Å². The molecule has 0 bridgehead atoms. The largest absolute Gasteiger partial charge is 0.481 e. The lowest BCUT2D eigenvalue weighted by atomic mass is 10.2. The maximum Gasteiger partial charge on any atom is 0.345 e. The number of hydrogen-bond donors (Lipinski definition) is 2. The molecule has 0 saturated carbocycles. The SMILES string of the molecule is CCSCCC(OC(=O)C(C)C(=O)O)C(=O)O. The number of aliphatic carboxylic acids is 2. The molecule has 0 aliphatic rings. The zero-order valence-corrected chi connectivity index (χ0v) is 10.5. The Balaban J connectivity index is 4.29.